The normalized spacial score (nSPS) is 17.2. The van der Waals surface area contributed by atoms with E-state index in [2.05, 4.69) is 20.1 Å². The zero-order valence-electron chi connectivity index (χ0n) is 23.3. The molecule has 6 heterocycles. The average molecular weight is 595 g/mol. The molecule has 0 unspecified atom stereocenters. The third kappa shape index (κ3) is 5.06. The van der Waals surface area contributed by atoms with Gasteiger partial charge in [-0.15, -0.1) is 0 Å². The summed E-state index contributed by atoms with van der Waals surface area (Å²) in [5, 5.41) is 9.22. The Labute approximate surface area is 240 Å². The lowest BCUT2D eigenvalue weighted by Crippen LogP contribution is -2.57. The summed E-state index contributed by atoms with van der Waals surface area (Å²) < 4.78 is 58.3. The SMILES string of the molecule is COc1ccncc1-c1cc2c(cnn2-c2cc(N3C[C@H](CS(C)(=O)=O)[C@H]3C)cc(-c3cnn(C(F)F)c3)n2)c(C)n1. The molecule has 1 aliphatic rings. The lowest BCUT2D eigenvalue weighted by Gasteiger charge is -2.48. The van der Waals surface area contributed by atoms with Crippen LogP contribution in [0.5, 0.6) is 5.75 Å². The third-order valence-corrected chi connectivity index (χ3v) is 8.63. The first-order valence-electron chi connectivity index (χ1n) is 13.2. The van der Waals surface area contributed by atoms with Crippen molar-refractivity contribution in [2.75, 3.05) is 30.6 Å². The van der Waals surface area contributed by atoms with Crippen LogP contribution in [0, 0.1) is 12.8 Å². The van der Waals surface area contributed by atoms with Crippen molar-refractivity contribution in [1.29, 1.82) is 0 Å². The van der Waals surface area contributed by atoms with Gasteiger partial charge in [-0.1, -0.05) is 0 Å². The number of pyridine rings is 3. The van der Waals surface area contributed by atoms with Crippen LogP contribution in [-0.4, -0.2) is 74.6 Å². The van der Waals surface area contributed by atoms with Gasteiger partial charge in [0.2, 0.25) is 0 Å². The Morgan fingerprint density at radius 3 is 2.60 bits per heavy atom. The highest BCUT2D eigenvalue weighted by Gasteiger charge is 2.38. The highest BCUT2D eigenvalue weighted by molar-refractivity contribution is 7.90. The van der Waals surface area contributed by atoms with Crippen molar-refractivity contribution in [3.63, 3.8) is 0 Å². The fourth-order valence-corrected chi connectivity index (χ4v) is 6.52. The van der Waals surface area contributed by atoms with Crippen LogP contribution in [0.1, 0.15) is 19.2 Å². The number of anilines is 1. The summed E-state index contributed by atoms with van der Waals surface area (Å²) >= 11 is 0. The zero-order chi connectivity index (χ0) is 29.8. The summed E-state index contributed by atoms with van der Waals surface area (Å²) in [6.45, 7) is 1.60. The number of nitrogens with zero attached hydrogens (tertiary/aromatic N) is 8. The Hall–Kier alpha value is -4.46. The monoisotopic (exact) mass is 594 g/mol. The van der Waals surface area contributed by atoms with Gasteiger partial charge in [0.1, 0.15) is 15.6 Å². The molecular formula is C28H28F2N8O3S. The summed E-state index contributed by atoms with van der Waals surface area (Å²) in [5.74, 6) is 1.14. The van der Waals surface area contributed by atoms with E-state index in [0.29, 0.717) is 45.3 Å². The zero-order valence-corrected chi connectivity index (χ0v) is 24.1. The summed E-state index contributed by atoms with van der Waals surface area (Å²) in [6.07, 6.45) is 8.86. The Bertz CT molecular complexity index is 1910. The van der Waals surface area contributed by atoms with E-state index in [-0.39, 0.29) is 17.7 Å². The molecule has 14 heteroatoms. The van der Waals surface area contributed by atoms with E-state index >= 15 is 0 Å². The third-order valence-electron chi connectivity index (χ3n) is 7.60. The highest BCUT2D eigenvalue weighted by atomic mass is 32.2. The first kappa shape index (κ1) is 27.7. The van der Waals surface area contributed by atoms with Crippen molar-refractivity contribution in [2.24, 2.45) is 5.92 Å². The quantitative estimate of drug-likeness (QED) is 0.259. The minimum absolute atomic E-state index is 0.0297. The molecule has 5 aromatic rings. The highest BCUT2D eigenvalue weighted by Crippen LogP contribution is 2.36. The summed E-state index contributed by atoms with van der Waals surface area (Å²) in [6, 6.07) is 7.24. The van der Waals surface area contributed by atoms with Gasteiger partial charge in [-0.05, 0) is 32.0 Å². The van der Waals surface area contributed by atoms with Crippen LogP contribution in [-0.2, 0) is 9.84 Å². The molecule has 42 heavy (non-hydrogen) atoms. The second-order valence-electron chi connectivity index (χ2n) is 10.5. The lowest BCUT2D eigenvalue weighted by atomic mass is 9.91. The maximum atomic E-state index is 13.3. The number of aromatic nitrogens is 7. The number of rotatable bonds is 8. The van der Waals surface area contributed by atoms with Crippen molar-refractivity contribution in [3.05, 3.63) is 60.9 Å². The number of sulfone groups is 1. The summed E-state index contributed by atoms with van der Waals surface area (Å²) in [4.78, 5) is 15.9. The number of fused-ring (bicyclic) bond motifs is 1. The van der Waals surface area contributed by atoms with Crippen molar-refractivity contribution in [1.82, 2.24) is 34.5 Å². The standard InChI is InChI=1S/C28H28F2N8O3S/c1-16-21-12-33-38(25(21)9-24(34-16)22-11-31-6-5-26(22)41-3)27-8-20(36-13-19(17(36)2)15-42(4,39)40)7-23(35-27)18-10-32-37(14-18)28(29)30/h5-12,14,17,19,28H,13,15H2,1-4H3/t17-,19-/m1/s1. The molecule has 218 valence electrons. The number of hydrogen-bond donors (Lipinski definition) is 0. The largest absolute Gasteiger partial charge is 0.496 e. The Morgan fingerprint density at radius 2 is 1.90 bits per heavy atom. The van der Waals surface area contributed by atoms with Gasteiger partial charge < -0.3 is 9.64 Å². The smallest absolute Gasteiger partial charge is 0.333 e. The second-order valence-corrected chi connectivity index (χ2v) is 12.6. The molecule has 2 atom stereocenters. The van der Waals surface area contributed by atoms with Gasteiger partial charge in [-0.3, -0.25) is 9.97 Å². The van der Waals surface area contributed by atoms with E-state index in [1.165, 1.54) is 18.6 Å². The van der Waals surface area contributed by atoms with E-state index in [9.17, 15) is 17.2 Å². The molecule has 0 N–H and O–H groups in total. The number of alkyl halides is 2. The Kier molecular flexibility index (Phi) is 6.87. The molecule has 0 bridgehead atoms. The van der Waals surface area contributed by atoms with E-state index in [1.807, 2.05) is 26.0 Å². The topological polar surface area (TPSA) is 121 Å². The van der Waals surface area contributed by atoms with E-state index in [1.54, 1.807) is 42.5 Å². The van der Waals surface area contributed by atoms with Crippen molar-refractivity contribution in [3.8, 4) is 34.1 Å². The molecule has 0 aliphatic carbocycles. The number of ether oxygens (including phenoxy) is 1. The molecule has 0 aromatic carbocycles. The van der Waals surface area contributed by atoms with Gasteiger partial charge in [0, 0.05) is 71.7 Å². The van der Waals surface area contributed by atoms with Crippen LogP contribution in [0.4, 0.5) is 14.5 Å². The molecule has 1 fully saturated rings. The number of halogens is 2. The molecule has 11 nitrogen and oxygen atoms in total. The van der Waals surface area contributed by atoms with Crippen LogP contribution >= 0.6 is 0 Å². The fourth-order valence-electron chi connectivity index (χ4n) is 5.36. The first-order valence-corrected chi connectivity index (χ1v) is 15.2. The number of aryl methyl sites for hydroxylation is 1. The molecule has 0 amide bonds. The predicted molar refractivity (Wildman–Crippen MR) is 154 cm³/mol. The van der Waals surface area contributed by atoms with E-state index in [0.717, 1.165) is 22.3 Å². The van der Waals surface area contributed by atoms with Gasteiger partial charge in [0.15, 0.2) is 5.82 Å². The van der Waals surface area contributed by atoms with Gasteiger partial charge in [0.25, 0.3) is 0 Å². The van der Waals surface area contributed by atoms with Crippen LogP contribution < -0.4 is 9.64 Å². The van der Waals surface area contributed by atoms with Crippen LogP contribution in [0.2, 0.25) is 0 Å². The van der Waals surface area contributed by atoms with Crippen LogP contribution in [0.15, 0.2) is 55.2 Å². The minimum atomic E-state index is -3.14. The van der Waals surface area contributed by atoms with Crippen molar-refractivity contribution < 1.29 is 21.9 Å². The minimum Gasteiger partial charge on any atom is -0.496 e. The molecule has 1 saturated heterocycles. The first-order chi connectivity index (χ1) is 20.0. The van der Waals surface area contributed by atoms with Crippen LogP contribution in [0.25, 0.3) is 39.2 Å². The Morgan fingerprint density at radius 1 is 1.10 bits per heavy atom. The van der Waals surface area contributed by atoms with Gasteiger partial charge in [-0.25, -0.2) is 22.8 Å². The molecule has 5 aromatic heterocycles. The molecule has 6 rings (SSSR count). The lowest BCUT2D eigenvalue weighted by molar-refractivity contribution is 0.0566. The van der Waals surface area contributed by atoms with Gasteiger partial charge >= 0.3 is 6.55 Å². The molecule has 1 aliphatic heterocycles. The maximum absolute atomic E-state index is 13.3. The summed E-state index contributed by atoms with van der Waals surface area (Å²) in [5.41, 5.74) is 4.43. The van der Waals surface area contributed by atoms with E-state index < -0.39 is 16.4 Å². The maximum Gasteiger partial charge on any atom is 0.333 e. The van der Waals surface area contributed by atoms with Crippen LogP contribution in [0.3, 0.4) is 0 Å². The second kappa shape index (κ2) is 10.4. The van der Waals surface area contributed by atoms with Gasteiger partial charge in [-0.2, -0.15) is 19.0 Å². The summed E-state index contributed by atoms with van der Waals surface area (Å²) in [7, 11) is -1.56. The molecule has 0 radical (unpaired) electrons. The number of hydrogen-bond acceptors (Lipinski definition) is 9. The average Bonchev–Trinajstić information content (AvgIpc) is 3.63. The molecule has 0 saturated carbocycles. The van der Waals surface area contributed by atoms with Crippen molar-refractivity contribution >= 4 is 26.4 Å². The van der Waals surface area contributed by atoms with E-state index in [4.69, 9.17) is 14.7 Å². The predicted octanol–water partition coefficient (Wildman–Crippen LogP) is 4.32. The van der Waals surface area contributed by atoms with Gasteiger partial charge in [0.05, 0.1) is 47.7 Å². The fraction of sp³-hybridized carbons (Fsp3) is 0.321. The molecule has 0 spiro atoms. The van der Waals surface area contributed by atoms with Crippen molar-refractivity contribution in [2.45, 2.75) is 26.4 Å². The Balaban J connectivity index is 1.48. The number of methoxy groups -OCH3 is 1. The molecular weight excluding hydrogens is 566 g/mol.